The first-order valence-corrected chi connectivity index (χ1v) is 19.7. The number of carbonyl (C=O) groups is 2. The van der Waals surface area contributed by atoms with E-state index in [-0.39, 0.29) is 25.6 Å². The first kappa shape index (κ1) is 48.0. The van der Waals surface area contributed by atoms with Crippen LogP contribution in [0.2, 0.25) is 0 Å². The van der Waals surface area contributed by atoms with Crippen LogP contribution in [-0.4, -0.2) is 36.4 Å². The van der Waals surface area contributed by atoms with Crippen LogP contribution in [-0.2, 0) is 19.1 Å². The number of hydrogen-bond acceptors (Lipinski definition) is 5. The number of esters is 2. The monoisotopic (exact) mass is 715 g/mol. The van der Waals surface area contributed by atoms with Gasteiger partial charge in [-0.25, -0.2) is 0 Å². The molecule has 5 heteroatoms. The summed E-state index contributed by atoms with van der Waals surface area (Å²) in [5, 5.41) is 9.54. The summed E-state index contributed by atoms with van der Waals surface area (Å²) in [5.41, 5.74) is 0. The van der Waals surface area contributed by atoms with Crippen molar-refractivity contribution in [2.75, 3.05) is 13.2 Å². The highest BCUT2D eigenvalue weighted by Crippen LogP contribution is 2.09. The molecule has 0 saturated carbocycles. The molecule has 0 aliphatic carbocycles. The Labute approximate surface area is 317 Å². The lowest BCUT2D eigenvalue weighted by Gasteiger charge is -2.15. The summed E-state index contributed by atoms with van der Waals surface area (Å²) in [6, 6.07) is 0. The fourth-order valence-electron chi connectivity index (χ4n) is 4.57. The third-order valence-corrected chi connectivity index (χ3v) is 7.47. The molecule has 288 valence electrons. The van der Waals surface area contributed by atoms with Gasteiger partial charge in [0.1, 0.15) is 6.61 Å². The zero-order valence-electron chi connectivity index (χ0n) is 32.5. The molecule has 0 aromatic rings. The van der Waals surface area contributed by atoms with E-state index in [0.29, 0.717) is 6.42 Å². The van der Waals surface area contributed by atoms with Gasteiger partial charge in [0.05, 0.1) is 13.0 Å². The van der Waals surface area contributed by atoms with Crippen molar-refractivity contribution in [3.8, 4) is 0 Å². The summed E-state index contributed by atoms with van der Waals surface area (Å²) in [6.45, 7) is 3.76. The summed E-state index contributed by atoms with van der Waals surface area (Å²) in [7, 11) is 0. The minimum Gasteiger partial charge on any atom is -0.461 e. The zero-order valence-corrected chi connectivity index (χ0v) is 32.5. The molecular formula is C47H70O5. The molecule has 0 aromatic carbocycles. The molecule has 0 bridgehead atoms. The minimum absolute atomic E-state index is 0.137. The van der Waals surface area contributed by atoms with Crippen LogP contribution in [0.25, 0.3) is 0 Å². The van der Waals surface area contributed by atoms with Gasteiger partial charge in [0.25, 0.3) is 0 Å². The van der Waals surface area contributed by atoms with Gasteiger partial charge in [-0.3, -0.25) is 9.59 Å². The molecule has 0 aromatic heterocycles. The Balaban J connectivity index is 3.79. The standard InChI is InChI=1S/C47H70O5/c1-3-5-7-9-11-13-15-17-19-20-21-22-23-24-25-26-28-30-32-34-36-38-40-42-47(50)52-45(43-48)44-51-46(49)41-39-37-35-33-31-29-27-18-16-14-12-10-8-6-4-2/h5-8,11-14,17-19,21-22,24-25,27-28,30-31,33,37,39,45,48H,3-4,9-10,15-16,20,23,26,29,32,34-36,38,40-44H2,1-2H3/b7-5-,8-6-,13-11-,14-12-,19-17-,22-21-,25-24-,27-18-,30-28-,33-31-,39-37-. The SMILES string of the molecule is CC/C=C\C/C=C\C/C=C\C/C=C\C/C=C\C/C=C\CCCCCCC(=O)OC(CO)COC(=O)C/C=C\C/C=C\C/C=C\C/C=C\C/C=C\CC. The molecule has 0 spiro atoms. The van der Waals surface area contributed by atoms with Gasteiger partial charge < -0.3 is 14.6 Å². The smallest absolute Gasteiger partial charge is 0.309 e. The predicted octanol–water partition coefficient (Wildman–Crippen LogP) is 12.6. The third-order valence-electron chi connectivity index (χ3n) is 7.47. The van der Waals surface area contributed by atoms with E-state index in [1.54, 1.807) is 6.08 Å². The highest BCUT2D eigenvalue weighted by molar-refractivity contribution is 5.71. The van der Waals surface area contributed by atoms with E-state index in [0.717, 1.165) is 103 Å². The third kappa shape index (κ3) is 38.8. The Bertz CT molecular complexity index is 1170. The van der Waals surface area contributed by atoms with Crippen LogP contribution >= 0.6 is 0 Å². The maximum atomic E-state index is 12.2. The first-order chi connectivity index (χ1) is 25.6. The molecule has 0 rings (SSSR count). The summed E-state index contributed by atoms with van der Waals surface area (Å²) >= 11 is 0. The second kappa shape index (κ2) is 41.5. The van der Waals surface area contributed by atoms with E-state index < -0.39 is 12.1 Å². The van der Waals surface area contributed by atoms with Crippen LogP contribution < -0.4 is 0 Å². The van der Waals surface area contributed by atoms with Crippen molar-refractivity contribution in [1.82, 2.24) is 0 Å². The Kier molecular flexibility index (Phi) is 38.3. The van der Waals surface area contributed by atoms with E-state index in [1.165, 1.54) is 0 Å². The lowest BCUT2D eigenvalue weighted by molar-refractivity contribution is -0.161. The molecule has 0 amide bonds. The van der Waals surface area contributed by atoms with Gasteiger partial charge in [0.2, 0.25) is 0 Å². The molecule has 0 fully saturated rings. The van der Waals surface area contributed by atoms with Crippen LogP contribution in [0.1, 0.15) is 129 Å². The summed E-state index contributed by atoms with van der Waals surface area (Å²) in [5.74, 6) is -0.785. The molecule has 52 heavy (non-hydrogen) atoms. The van der Waals surface area contributed by atoms with E-state index in [2.05, 4.69) is 135 Å². The number of allylic oxidation sites excluding steroid dienone is 21. The Morgan fingerprint density at radius 1 is 0.462 bits per heavy atom. The molecule has 1 unspecified atom stereocenters. The van der Waals surface area contributed by atoms with Crippen LogP contribution in [0.15, 0.2) is 134 Å². The van der Waals surface area contributed by atoms with Gasteiger partial charge in [-0.15, -0.1) is 0 Å². The summed E-state index contributed by atoms with van der Waals surface area (Å²) in [6.07, 6.45) is 62.5. The Morgan fingerprint density at radius 2 is 0.827 bits per heavy atom. The molecule has 0 saturated heterocycles. The van der Waals surface area contributed by atoms with Gasteiger partial charge in [0, 0.05) is 6.42 Å². The van der Waals surface area contributed by atoms with E-state index >= 15 is 0 Å². The summed E-state index contributed by atoms with van der Waals surface area (Å²) < 4.78 is 10.5. The number of hydrogen-bond donors (Lipinski definition) is 1. The van der Waals surface area contributed by atoms with Crippen molar-refractivity contribution < 1.29 is 24.2 Å². The van der Waals surface area contributed by atoms with Crippen LogP contribution in [0.3, 0.4) is 0 Å². The number of aliphatic hydroxyl groups excluding tert-OH is 1. The molecule has 1 atom stereocenters. The van der Waals surface area contributed by atoms with Gasteiger partial charge >= 0.3 is 11.9 Å². The van der Waals surface area contributed by atoms with Crippen molar-refractivity contribution in [3.05, 3.63) is 134 Å². The highest BCUT2D eigenvalue weighted by atomic mass is 16.6. The zero-order chi connectivity index (χ0) is 37.8. The fraction of sp³-hybridized carbons (Fsp3) is 0.489. The van der Waals surface area contributed by atoms with Gasteiger partial charge in [-0.2, -0.15) is 0 Å². The van der Waals surface area contributed by atoms with E-state index in [1.807, 2.05) is 6.08 Å². The van der Waals surface area contributed by atoms with Crippen molar-refractivity contribution >= 4 is 11.9 Å². The van der Waals surface area contributed by atoms with Crippen molar-refractivity contribution in [2.45, 2.75) is 136 Å². The first-order valence-electron chi connectivity index (χ1n) is 19.7. The van der Waals surface area contributed by atoms with Gasteiger partial charge in [0.15, 0.2) is 6.10 Å². The largest absolute Gasteiger partial charge is 0.461 e. The van der Waals surface area contributed by atoms with Crippen molar-refractivity contribution in [1.29, 1.82) is 0 Å². The van der Waals surface area contributed by atoms with Crippen LogP contribution in [0.5, 0.6) is 0 Å². The Morgan fingerprint density at radius 3 is 1.23 bits per heavy atom. The molecular weight excluding hydrogens is 645 g/mol. The van der Waals surface area contributed by atoms with Crippen LogP contribution in [0.4, 0.5) is 0 Å². The summed E-state index contributed by atoms with van der Waals surface area (Å²) in [4.78, 5) is 24.2. The minimum atomic E-state index is -0.835. The van der Waals surface area contributed by atoms with Crippen molar-refractivity contribution in [2.24, 2.45) is 0 Å². The normalized spacial score (nSPS) is 13.7. The topological polar surface area (TPSA) is 72.8 Å². The number of ether oxygens (including phenoxy) is 2. The molecule has 0 radical (unpaired) electrons. The molecule has 0 heterocycles. The predicted molar refractivity (Wildman–Crippen MR) is 223 cm³/mol. The maximum Gasteiger partial charge on any atom is 0.309 e. The quantitative estimate of drug-likeness (QED) is 0.0416. The number of unbranched alkanes of at least 4 members (excludes halogenated alkanes) is 4. The molecule has 5 nitrogen and oxygen atoms in total. The van der Waals surface area contributed by atoms with Crippen molar-refractivity contribution in [3.63, 3.8) is 0 Å². The van der Waals surface area contributed by atoms with E-state index in [4.69, 9.17) is 9.47 Å². The van der Waals surface area contributed by atoms with Gasteiger partial charge in [-0.1, -0.05) is 160 Å². The number of aliphatic hydroxyl groups is 1. The molecule has 0 aliphatic heterocycles. The molecule has 0 aliphatic rings. The fourth-order valence-corrected chi connectivity index (χ4v) is 4.57. The second-order valence-electron chi connectivity index (χ2n) is 12.3. The maximum absolute atomic E-state index is 12.2. The second-order valence-corrected chi connectivity index (χ2v) is 12.3. The number of carbonyl (C=O) groups excluding carboxylic acids is 2. The Hall–Kier alpha value is -3.96. The lowest BCUT2D eigenvalue weighted by Crippen LogP contribution is -2.28. The average molecular weight is 715 g/mol. The average Bonchev–Trinajstić information content (AvgIpc) is 3.15. The van der Waals surface area contributed by atoms with E-state index in [9.17, 15) is 14.7 Å². The van der Waals surface area contributed by atoms with Crippen LogP contribution in [0, 0.1) is 0 Å². The highest BCUT2D eigenvalue weighted by Gasteiger charge is 2.15. The lowest BCUT2D eigenvalue weighted by atomic mass is 10.1. The number of rotatable bonds is 33. The molecule has 1 N–H and O–H groups in total. The van der Waals surface area contributed by atoms with Gasteiger partial charge in [-0.05, 0) is 89.9 Å².